The maximum atomic E-state index is 13.4. The Morgan fingerprint density at radius 3 is 2.50 bits per heavy atom. The van der Waals surface area contributed by atoms with Crippen LogP contribution in [-0.2, 0) is 17.9 Å². The van der Waals surface area contributed by atoms with Crippen LogP contribution >= 0.6 is 11.3 Å². The van der Waals surface area contributed by atoms with Crippen LogP contribution in [0.25, 0.3) is 10.2 Å². The summed E-state index contributed by atoms with van der Waals surface area (Å²) in [6.45, 7) is 10.7. The average molecular weight is 403 g/mol. The molecule has 7 heteroatoms. The molecule has 0 aromatic carbocycles. The highest BCUT2D eigenvalue weighted by molar-refractivity contribution is 7.18. The number of nitrogens with zero attached hydrogens (tertiary/aromatic N) is 4. The molecule has 2 aromatic rings. The third-order valence-electron chi connectivity index (χ3n) is 6.36. The molecule has 4 rings (SSSR count). The Hall–Kier alpha value is -1.73. The number of carbonyl (C=O) groups excluding carboxylic acids is 1. The van der Waals surface area contributed by atoms with Gasteiger partial charge in [-0.15, -0.1) is 11.3 Å². The minimum Gasteiger partial charge on any atom is -0.341 e. The normalized spacial score (nSPS) is 19.0. The zero-order valence-corrected chi connectivity index (χ0v) is 18.0. The summed E-state index contributed by atoms with van der Waals surface area (Å²) in [6.07, 6.45) is 4.46. The Labute approximate surface area is 170 Å². The van der Waals surface area contributed by atoms with Crippen LogP contribution in [0.4, 0.5) is 0 Å². The molecule has 152 valence electrons. The minimum absolute atomic E-state index is 0.0439. The van der Waals surface area contributed by atoms with Crippen molar-refractivity contribution in [2.45, 2.75) is 59.5 Å². The van der Waals surface area contributed by atoms with E-state index in [0.717, 1.165) is 60.1 Å². The van der Waals surface area contributed by atoms with Gasteiger partial charge in [-0.05, 0) is 64.1 Å². The summed E-state index contributed by atoms with van der Waals surface area (Å²) in [5, 5.41) is 0.688. The summed E-state index contributed by atoms with van der Waals surface area (Å²) < 4.78 is 1.65. The Bertz CT molecular complexity index is 934. The minimum atomic E-state index is -0.0558. The summed E-state index contributed by atoms with van der Waals surface area (Å²) in [5.74, 6) is 1.45. The van der Waals surface area contributed by atoms with Crippen molar-refractivity contribution in [1.29, 1.82) is 0 Å². The van der Waals surface area contributed by atoms with E-state index in [1.807, 2.05) is 18.7 Å². The Morgan fingerprint density at radius 1 is 1.14 bits per heavy atom. The van der Waals surface area contributed by atoms with Gasteiger partial charge < -0.3 is 4.90 Å². The number of carbonyl (C=O) groups is 1. The van der Waals surface area contributed by atoms with E-state index < -0.39 is 0 Å². The predicted molar refractivity (Wildman–Crippen MR) is 113 cm³/mol. The van der Waals surface area contributed by atoms with E-state index in [4.69, 9.17) is 4.98 Å². The molecule has 28 heavy (non-hydrogen) atoms. The first-order chi connectivity index (χ1) is 13.4. The number of likely N-dealkylation sites (tertiary alicyclic amines) is 2. The van der Waals surface area contributed by atoms with Crippen LogP contribution in [0.15, 0.2) is 4.79 Å². The molecule has 0 unspecified atom stereocenters. The van der Waals surface area contributed by atoms with Crippen LogP contribution in [0.3, 0.4) is 0 Å². The lowest BCUT2D eigenvalue weighted by Crippen LogP contribution is -2.42. The van der Waals surface area contributed by atoms with Gasteiger partial charge >= 0.3 is 0 Å². The fourth-order valence-electron chi connectivity index (χ4n) is 4.29. The molecule has 0 spiro atoms. The highest BCUT2D eigenvalue weighted by Gasteiger charge is 2.24. The molecule has 2 fully saturated rings. The second kappa shape index (κ2) is 7.95. The van der Waals surface area contributed by atoms with Crippen molar-refractivity contribution in [3.8, 4) is 0 Å². The highest BCUT2D eigenvalue weighted by Crippen LogP contribution is 2.27. The number of fused-ring (bicyclic) bond motifs is 1. The fourth-order valence-corrected chi connectivity index (χ4v) is 5.33. The monoisotopic (exact) mass is 402 g/mol. The first-order valence-corrected chi connectivity index (χ1v) is 11.2. The molecule has 0 saturated carbocycles. The summed E-state index contributed by atoms with van der Waals surface area (Å²) in [7, 11) is 0. The van der Waals surface area contributed by atoms with Crippen molar-refractivity contribution in [3.63, 3.8) is 0 Å². The molecular formula is C21H30N4O2S. The van der Waals surface area contributed by atoms with Gasteiger partial charge in [0.1, 0.15) is 17.2 Å². The number of hydrogen-bond acceptors (Lipinski definition) is 5. The Morgan fingerprint density at radius 2 is 1.82 bits per heavy atom. The Kier molecular flexibility index (Phi) is 5.56. The molecule has 0 N–H and O–H groups in total. The number of rotatable bonds is 4. The zero-order valence-electron chi connectivity index (χ0n) is 17.2. The van der Waals surface area contributed by atoms with Crippen LogP contribution in [0, 0.1) is 19.8 Å². The van der Waals surface area contributed by atoms with Gasteiger partial charge in [-0.1, -0.05) is 6.92 Å². The molecule has 2 saturated heterocycles. The van der Waals surface area contributed by atoms with E-state index in [2.05, 4.69) is 11.8 Å². The fraction of sp³-hybridized carbons (Fsp3) is 0.667. The van der Waals surface area contributed by atoms with E-state index in [0.29, 0.717) is 17.8 Å². The number of piperidine rings is 1. The molecule has 2 aliphatic rings. The van der Waals surface area contributed by atoms with E-state index in [1.54, 1.807) is 15.9 Å². The van der Waals surface area contributed by atoms with E-state index in [-0.39, 0.29) is 18.0 Å². The van der Waals surface area contributed by atoms with E-state index in [9.17, 15) is 9.59 Å². The van der Waals surface area contributed by atoms with Gasteiger partial charge in [0.2, 0.25) is 5.91 Å². The molecule has 6 nitrogen and oxygen atoms in total. The highest BCUT2D eigenvalue weighted by atomic mass is 32.1. The van der Waals surface area contributed by atoms with Crippen LogP contribution < -0.4 is 5.56 Å². The average Bonchev–Trinajstić information content (AvgIpc) is 3.27. The van der Waals surface area contributed by atoms with Crippen molar-refractivity contribution in [2.24, 2.45) is 5.92 Å². The van der Waals surface area contributed by atoms with Gasteiger partial charge in [0.25, 0.3) is 5.56 Å². The van der Waals surface area contributed by atoms with Crippen molar-refractivity contribution in [3.05, 3.63) is 26.6 Å². The number of aryl methyl sites for hydroxylation is 2. The molecule has 0 bridgehead atoms. The van der Waals surface area contributed by atoms with Crippen molar-refractivity contribution in [1.82, 2.24) is 19.4 Å². The first kappa shape index (κ1) is 19.6. The maximum Gasteiger partial charge on any atom is 0.263 e. The van der Waals surface area contributed by atoms with Crippen LogP contribution in [0.5, 0.6) is 0 Å². The lowest BCUT2D eigenvalue weighted by atomic mass is 9.99. The van der Waals surface area contributed by atoms with Gasteiger partial charge in [0.15, 0.2) is 0 Å². The molecule has 4 heterocycles. The zero-order chi connectivity index (χ0) is 19.8. The Balaban J connectivity index is 1.69. The molecule has 1 amide bonds. The lowest BCUT2D eigenvalue weighted by molar-refractivity contribution is -0.133. The van der Waals surface area contributed by atoms with Gasteiger partial charge in [0.05, 0.1) is 11.9 Å². The lowest BCUT2D eigenvalue weighted by Gasteiger charge is -2.30. The molecule has 2 aliphatic heterocycles. The predicted octanol–water partition coefficient (Wildman–Crippen LogP) is 2.93. The largest absolute Gasteiger partial charge is 0.341 e. The van der Waals surface area contributed by atoms with E-state index >= 15 is 0 Å². The van der Waals surface area contributed by atoms with Crippen LogP contribution in [-0.4, -0.2) is 51.4 Å². The van der Waals surface area contributed by atoms with Gasteiger partial charge in [-0.25, -0.2) is 4.98 Å². The molecule has 0 aliphatic carbocycles. The third kappa shape index (κ3) is 3.74. The maximum absolute atomic E-state index is 13.4. The summed E-state index contributed by atoms with van der Waals surface area (Å²) >= 11 is 1.58. The molecule has 2 aromatic heterocycles. The summed E-state index contributed by atoms with van der Waals surface area (Å²) in [5.41, 5.74) is 0.943. The van der Waals surface area contributed by atoms with Crippen LogP contribution in [0.2, 0.25) is 0 Å². The standard InChI is InChI=1S/C21H30N4O2S/c1-14-6-10-24(11-7-14)18(26)13-25-17(12-23-8-4-5-9-23)22-20-19(21(25)27)15(2)16(3)28-20/h14H,4-13H2,1-3H3. The van der Waals surface area contributed by atoms with Gasteiger partial charge in [-0.3, -0.25) is 19.1 Å². The summed E-state index contributed by atoms with van der Waals surface area (Å²) in [6, 6.07) is 0. The number of hydrogen-bond donors (Lipinski definition) is 0. The molecule has 0 radical (unpaired) electrons. The third-order valence-corrected chi connectivity index (χ3v) is 7.46. The van der Waals surface area contributed by atoms with Gasteiger partial charge in [-0.2, -0.15) is 0 Å². The van der Waals surface area contributed by atoms with Crippen molar-refractivity contribution >= 4 is 27.5 Å². The van der Waals surface area contributed by atoms with E-state index in [1.165, 1.54) is 12.8 Å². The number of thiophene rings is 1. The molecular weight excluding hydrogens is 372 g/mol. The second-order valence-corrected chi connectivity index (χ2v) is 9.63. The SMILES string of the molecule is Cc1sc2nc(CN3CCCC3)n(CC(=O)N3CCC(C)CC3)c(=O)c2c1C. The number of aromatic nitrogens is 2. The van der Waals surface area contributed by atoms with Gasteiger partial charge in [0, 0.05) is 18.0 Å². The van der Waals surface area contributed by atoms with Crippen molar-refractivity contribution < 1.29 is 4.79 Å². The topological polar surface area (TPSA) is 58.4 Å². The first-order valence-electron chi connectivity index (χ1n) is 10.4. The smallest absolute Gasteiger partial charge is 0.263 e. The quantitative estimate of drug-likeness (QED) is 0.789. The van der Waals surface area contributed by atoms with Crippen LogP contribution in [0.1, 0.15) is 48.9 Å². The second-order valence-electron chi connectivity index (χ2n) is 8.43. The summed E-state index contributed by atoms with van der Waals surface area (Å²) in [4.78, 5) is 37.4. The van der Waals surface area contributed by atoms with Crippen molar-refractivity contribution in [2.75, 3.05) is 26.2 Å². The number of amides is 1. The molecule has 0 atom stereocenters.